The van der Waals surface area contributed by atoms with Gasteiger partial charge in [-0.15, -0.1) is 0 Å². The standard InChI is InChI=1S/C18H23N3O5/c1-12-5-6-14-20-13(9-15(22)21(14)10-12)11-25-16(23)7-8-19-17(24)26-18(2,3)4/h5-6,9-10H,7-8,11H2,1-4H3,(H,19,24). The second kappa shape index (κ2) is 7.99. The molecule has 1 N–H and O–H groups in total. The molecule has 8 heteroatoms. The van der Waals surface area contributed by atoms with E-state index in [0.717, 1.165) is 5.56 Å². The molecule has 2 rings (SSSR count). The first-order valence-corrected chi connectivity index (χ1v) is 8.25. The van der Waals surface area contributed by atoms with Crippen molar-refractivity contribution in [3.05, 3.63) is 46.0 Å². The molecular formula is C18H23N3O5. The fourth-order valence-electron chi connectivity index (χ4n) is 2.14. The van der Waals surface area contributed by atoms with E-state index < -0.39 is 17.7 Å². The number of aromatic nitrogens is 2. The van der Waals surface area contributed by atoms with E-state index in [1.165, 1.54) is 10.5 Å². The van der Waals surface area contributed by atoms with Gasteiger partial charge < -0.3 is 14.8 Å². The zero-order valence-corrected chi connectivity index (χ0v) is 15.4. The maximum absolute atomic E-state index is 12.1. The highest BCUT2D eigenvalue weighted by Gasteiger charge is 2.16. The number of carbonyl (C=O) groups is 2. The van der Waals surface area contributed by atoms with Crippen LogP contribution in [0.1, 0.15) is 38.4 Å². The molecule has 0 atom stereocenters. The van der Waals surface area contributed by atoms with Gasteiger partial charge in [-0.25, -0.2) is 9.78 Å². The number of amides is 1. The summed E-state index contributed by atoms with van der Waals surface area (Å²) in [5, 5.41) is 2.48. The SMILES string of the molecule is Cc1ccc2nc(COC(=O)CCNC(=O)OC(C)(C)C)cc(=O)n2c1. The van der Waals surface area contributed by atoms with Crippen LogP contribution in [0.2, 0.25) is 0 Å². The Labute approximate surface area is 151 Å². The van der Waals surface area contributed by atoms with Gasteiger partial charge in [0.25, 0.3) is 5.56 Å². The van der Waals surface area contributed by atoms with Crippen molar-refractivity contribution in [1.82, 2.24) is 14.7 Å². The number of carbonyl (C=O) groups excluding carboxylic acids is 2. The molecule has 0 aliphatic rings. The lowest BCUT2D eigenvalue weighted by atomic mass is 10.2. The molecule has 8 nitrogen and oxygen atoms in total. The molecule has 1 amide bonds. The summed E-state index contributed by atoms with van der Waals surface area (Å²) in [4.78, 5) is 39.6. The fraction of sp³-hybridized carbons (Fsp3) is 0.444. The third-order valence-electron chi connectivity index (χ3n) is 3.24. The predicted molar refractivity (Wildman–Crippen MR) is 94.8 cm³/mol. The molecule has 0 fully saturated rings. The Morgan fingerprint density at radius 2 is 2.00 bits per heavy atom. The van der Waals surface area contributed by atoms with Gasteiger partial charge in [0.05, 0.1) is 12.1 Å². The summed E-state index contributed by atoms with van der Waals surface area (Å²) in [6, 6.07) is 4.91. The molecule has 0 aromatic carbocycles. The van der Waals surface area contributed by atoms with E-state index >= 15 is 0 Å². The first kappa shape index (κ1) is 19.4. The van der Waals surface area contributed by atoms with Gasteiger partial charge in [0.2, 0.25) is 0 Å². The van der Waals surface area contributed by atoms with Crippen LogP contribution in [0.25, 0.3) is 5.65 Å². The Bertz CT molecular complexity index is 867. The second-order valence-corrected chi connectivity index (χ2v) is 6.86. The Balaban J connectivity index is 1.84. The Morgan fingerprint density at radius 3 is 2.69 bits per heavy atom. The minimum atomic E-state index is -0.598. The number of ether oxygens (including phenoxy) is 2. The summed E-state index contributed by atoms with van der Waals surface area (Å²) >= 11 is 0. The molecule has 0 bridgehead atoms. The molecule has 0 spiro atoms. The van der Waals surface area contributed by atoms with Crippen LogP contribution in [-0.4, -0.2) is 33.6 Å². The van der Waals surface area contributed by atoms with Crippen molar-refractivity contribution in [2.75, 3.05) is 6.54 Å². The maximum Gasteiger partial charge on any atom is 0.407 e. The molecule has 0 radical (unpaired) electrons. The number of nitrogens with zero attached hydrogens (tertiary/aromatic N) is 2. The highest BCUT2D eigenvalue weighted by molar-refractivity contribution is 5.72. The van der Waals surface area contributed by atoms with Crippen LogP contribution >= 0.6 is 0 Å². The third-order valence-corrected chi connectivity index (χ3v) is 3.24. The number of aryl methyl sites for hydroxylation is 1. The van der Waals surface area contributed by atoms with Crippen molar-refractivity contribution in [1.29, 1.82) is 0 Å². The largest absolute Gasteiger partial charge is 0.459 e. The predicted octanol–water partition coefficient (Wildman–Crippen LogP) is 1.96. The Hall–Kier alpha value is -2.90. The molecule has 0 saturated heterocycles. The molecule has 2 heterocycles. The van der Waals surface area contributed by atoms with Crippen molar-refractivity contribution in [3.63, 3.8) is 0 Å². The Kier molecular flexibility index (Phi) is 5.97. The van der Waals surface area contributed by atoms with Gasteiger partial charge in [-0.2, -0.15) is 0 Å². The number of nitrogens with one attached hydrogen (secondary N) is 1. The van der Waals surface area contributed by atoms with Crippen molar-refractivity contribution >= 4 is 17.7 Å². The van der Waals surface area contributed by atoms with Crippen LogP contribution in [0.4, 0.5) is 4.79 Å². The van der Waals surface area contributed by atoms with E-state index in [2.05, 4.69) is 10.3 Å². The first-order chi connectivity index (χ1) is 12.1. The minimum Gasteiger partial charge on any atom is -0.459 e. The summed E-state index contributed by atoms with van der Waals surface area (Å²) < 4.78 is 11.6. The van der Waals surface area contributed by atoms with E-state index in [0.29, 0.717) is 11.3 Å². The lowest BCUT2D eigenvalue weighted by Crippen LogP contribution is -2.33. The summed E-state index contributed by atoms with van der Waals surface area (Å²) in [7, 11) is 0. The maximum atomic E-state index is 12.1. The summed E-state index contributed by atoms with van der Waals surface area (Å²) in [6.45, 7) is 7.13. The number of hydrogen-bond donors (Lipinski definition) is 1. The van der Waals surface area contributed by atoms with Crippen LogP contribution in [0.15, 0.2) is 29.2 Å². The lowest BCUT2D eigenvalue weighted by molar-refractivity contribution is -0.144. The van der Waals surface area contributed by atoms with Crippen molar-refractivity contribution < 1.29 is 19.1 Å². The van der Waals surface area contributed by atoms with Crippen molar-refractivity contribution in [2.24, 2.45) is 0 Å². The number of fused-ring (bicyclic) bond motifs is 1. The van der Waals surface area contributed by atoms with Gasteiger partial charge in [0, 0.05) is 18.8 Å². The quantitative estimate of drug-likeness (QED) is 0.818. The average molecular weight is 361 g/mol. The molecule has 2 aromatic rings. The molecular weight excluding hydrogens is 338 g/mol. The molecule has 26 heavy (non-hydrogen) atoms. The molecule has 0 aliphatic carbocycles. The third kappa shape index (κ3) is 5.87. The molecule has 0 unspecified atom stereocenters. The van der Waals surface area contributed by atoms with E-state index in [1.54, 1.807) is 33.0 Å². The topological polar surface area (TPSA) is 99.0 Å². The van der Waals surface area contributed by atoms with Gasteiger partial charge >= 0.3 is 12.1 Å². The summed E-state index contributed by atoms with van der Waals surface area (Å²) in [5.41, 5.74) is 0.960. The number of rotatable bonds is 5. The highest BCUT2D eigenvalue weighted by Crippen LogP contribution is 2.06. The number of esters is 1. The first-order valence-electron chi connectivity index (χ1n) is 8.25. The minimum absolute atomic E-state index is 0.00893. The van der Waals surface area contributed by atoms with E-state index in [1.807, 2.05) is 13.0 Å². The summed E-state index contributed by atoms with van der Waals surface area (Å²) in [6.07, 6.45) is 1.10. The molecule has 0 saturated carbocycles. The Morgan fingerprint density at radius 1 is 1.27 bits per heavy atom. The lowest BCUT2D eigenvalue weighted by Gasteiger charge is -2.19. The normalized spacial score (nSPS) is 11.2. The van der Waals surface area contributed by atoms with Gasteiger partial charge in [0.1, 0.15) is 17.9 Å². The van der Waals surface area contributed by atoms with Crippen LogP contribution in [0.3, 0.4) is 0 Å². The second-order valence-electron chi connectivity index (χ2n) is 6.86. The van der Waals surface area contributed by atoms with Crippen molar-refractivity contribution in [3.8, 4) is 0 Å². The molecule has 2 aromatic heterocycles. The van der Waals surface area contributed by atoms with Crippen LogP contribution in [-0.2, 0) is 20.9 Å². The summed E-state index contributed by atoms with van der Waals surface area (Å²) in [5.74, 6) is -0.507. The van der Waals surface area contributed by atoms with Gasteiger partial charge in [-0.3, -0.25) is 14.0 Å². The molecule has 0 aliphatic heterocycles. The van der Waals surface area contributed by atoms with Crippen LogP contribution < -0.4 is 10.9 Å². The van der Waals surface area contributed by atoms with Crippen molar-refractivity contribution in [2.45, 2.75) is 46.3 Å². The van der Waals surface area contributed by atoms with E-state index in [-0.39, 0.29) is 25.1 Å². The highest BCUT2D eigenvalue weighted by atomic mass is 16.6. The van der Waals surface area contributed by atoms with Crippen LogP contribution in [0.5, 0.6) is 0 Å². The number of pyridine rings is 1. The number of alkyl carbamates (subject to hydrolysis) is 1. The van der Waals surface area contributed by atoms with Gasteiger partial charge in [-0.05, 0) is 39.3 Å². The van der Waals surface area contributed by atoms with Gasteiger partial charge in [-0.1, -0.05) is 6.07 Å². The molecule has 140 valence electrons. The zero-order valence-electron chi connectivity index (χ0n) is 15.4. The smallest absolute Gasteiger partial charge is 0.407 e. The van der Waals surface area contributed by atoms with E-state index in [9.17, 15) is 14.4 Å². The zero-order chi connectivity index (χ0) is 19.3. The van der Waals surface area contributed by atoms with Gasteiger partial charge in [0.15, 0.2) is 0 Å². The average Bonchev–Trinajstić information content (AvgIpc) is 2.52. The number of hydrogen-bond acceptors (Lipinski definition) is 6. The van der Waals surface area contributed by atoms with E-state index in [4.69, 9.17) is 9.47 Å². The monoisotopic (exact) mass is 361 g/mol. The van der Waals surface area contributed by atoms with Crippen LogP contribution in [0, 0.1) is 6.92 Å². The fourth-order valence-corrected chi connectivity index (χ4v) is 2.14.